The van der Waals surface area contributed by atoms with Gasteiger partial charge in [0.1, 0.15) is 5.76 Å². The molecule has 104 valence electrons. The Balaban J connectivity index is 1.69. The lowest BCUT2D eigenvalue weighted by atomic mass is 10.0. The molecule has 1 heterocycles. The van der Waals surface area contributed by atoms with E-state index in [2.05, 4.69) is 36.5 Å². The molecule has 0 spiro atoms. The molecule has 1 fully saturated rings. The van der Waals surface area contributed by atoms with E-state index >= 15 is 0 Å². The van der Waals surface area contributed by atoms with Gasteiger partial charge in [0.25, 0.3) is 5.91 Å². The Bertz CT molecular complexity index is 621. The highest BCUT2D eigenvalue weighted by Crippen LogP contribution is 2.39. The van der Waals surface area contributed by atoms with Crippen molar-refractivity contribution < 1.29 is 9.21 Å². The second-order valence-corrected chi connectivity index (χ2v) is 5.79. The van der Waals surface area contributed by atoms with Crippen LogP contribution in [0.2, 0.25) is 0 Å². The van der Waals surface area contributed by atoms with Crippen molar-refractivity contribution in [1.29, 1.82) is 0 Å². The van der Waals surface area contributed by atoms with Crippen LogP contribution in [0.25, 0.3) is 0 Å². The molecular weight excluding hydrogens is 250 g/mol. The van der Waals surface area contributed by atoms with Crippen LogP contribution in [0.1, 0.15) is 40.1 Å². The Labute approximate surface area is 119 Å². The van der Waals surface area contributed by atoms with Gasteiger partial charge in [-0.25, -0.2) is 0 Å². The maximum atomic E-state index is 12.3. The predicted octanol–water partition coefficient (Wildman–Crippen LogP) is 3.40. The number of aryl methyl sites for hydroxylation is 2. The lowest BCUT2D eigenvalue weighted by molar-refractivity contribution is 0.0930. The van der Waals surface area contributed by atoms with E-state index in [4.69, 9.17) is 4.42 Å². The largest absolute Gasteiger partial charge is 0.469 e. The smallest absolute Gasteiger partial charge is 0.255 e. The summed E-state index contributed by atoms with van der Waals surface area (Å²) in [6.07, 6.45) is 4.55. The SMILES string of the molecule is Cc1ccc(CC2(NC(=O)c3ccoc3C)CC2)cc1. The Hall–Kier alpha value is -2.03. The van der Waals surface area contributed by atoms with Crippen LogP contribution in [-0.4, -0.2) is 11.4 Å². The minimum atomic E-state index is -0.0595. The highest BCUT2D eigenvalue weighted by Gasteiger charge is 2.44. The Morgan fingerprint density at radius 1 is 1.20 bits per heavy atom. The second-order valence-electron chi connectivity index (χ2n) is 5.79. The molecule has 1 saturated carbocycles. The van der Waals surface area contributed by atoms with Gasteiger partial charge in [-0.05, 0) is 44.7 Å². The van der Waals surface area contributed by atoms with Crippen molar-refractivity contribution in [1.82, 2.24) is 5.32 Å². The number of nitrogens with one attached hydrogen (secondary N) is 1. The average Bonchev–Trinajstić information content (AvgIpc) is 3.02. The van der Waals surface area contributed by atoms with Crippen molar-refractivity contribution in [3.8, 4) is 0 Å². The number of carbonyl (C=O) groups is 1. The first kappa shape index (κ1) is 13.0. The Kier molecular flexibility index (Phi) is 3.13. The molecule has 0 unspecified atom stereocenters. The lowest BCUT2D eigenvalue weighted by Crippen LogP contribution is -2.38. The summed E-state index contributed by atoms with van der Waals surface area (Å²) in [5.41, 5.74) is 3.12. The van der Waals surface area contributed by atoms with Crippen LogP contribution in [0.5, 0.6) is 0 Å². The molecule has 1 aromatic carbocycles. The van der Waals surface area contributed by atoms with Gasteiger partial charge in [-0.3, -0.25) is 4.79 Å². The molecule has 20 heavy (non-hydrogen) atoms. The summed E-state index contributed by atoms with van der Waals surface area (Å²) in [7, 11) is 0. The summed E-state index contributed by atoms with van der Waals surface area (Å²) in [5, 5.41) is 3.17. The molecular formula is C17H19NO2. The molecule has 3 heteroatoms. The van der Waals surface area contributed by atoms with Crippen LogP contribution in [0.3, 0.4) is 0 Å². The highest BCUT2D eigenvalue weighted by atomic mass is 16.3. The first-order valence-electron chi connectivity index (χ1n) is 7.00. The molecule has 2 aromatic rings. The standard InChI is InChI=1S/C17H19NO2/c1-12-3-5-14(6-4-12)11-17(8-9-17)18-16(19)15-7-10-20-13(15)2/h3-7,10H,8-9,11H2,1-2H3,(H,18,19). The molecule has 3 rings (SSSR count). The minimum absolute atomic E-state index is 0.0270. The molecule has 0 aliphatic heterocycles. The summed E-state index contributed by atoms with van der Waals surface area (Å²) in [5.74, 6) is 0.648. The van der Waals surface area contributed by atoms with Crippen molar-refractivity contribution in [3.05, 3.63) is 59.0 Å². The molecule has 1 aliphatic rings. The van der Waals surface area contributed by atoms with Crippen LogP contribution >= 0.6 is 0 Å². The van der Waals surface area contributed by atoms with Gasteiger partial charge in [-0.2, -0.15) is 0 Å². The maximum Gasteiger partial charge on any atom is 0.255 e. The topological polar surface area (TPSA) is 42.2 Å². The van der Waals surface area contributed by atoms with E-state index in [0.29, 0.717) is 11.3 Å². The third-order valence-corrected chi connectivity index (χ3v) is 4.00. The molecule has 0 bridgehead atoms. The zero-order valence-electron chi connectivity index (χ0n) is 11.9. The van der Waals surface area contributed by atoms with Crippen LogP contribution in [0.15, 0.2) is 41.0 Å². The number of hydrogen-bond donors (Lipinski definition) is 1. The third-order valence-electron chi connectivity index (χ3n) is 4.00. The fourth-order valence-electron chi connectivity index (χ4n) is 2.52. The van der Waals surface area contributed by atoms with E-state index in [1.165, 1.54) is 11.1 Å². The molecule has 1 N–H and O–H groups in total. The van der Waals surface area contributed by atoms with Gasteiger partial charge in [0.15, 0.2) is 0 Å². The first-order chi connectivity index (χ1) is 9.58. The summed E-state index contributed by atoms with van der Waals surface area (Å²) < 4.78 is 5.19. The molecule has 0 saturated heterocycles. The van der Waals surface area contributed by atoms with Crippen molar-refractivity contribution in [2.75, 3.05) is 0 Å². The van der Waals surface area contributed by atoms with Crippen molar-refractivity contribution in [2.45, 2.75) is 38.6 Å². The van der Waals surface area contributed by atoms with Crippen molar-refractivity contribution in [2.24, 2.45) is 0 Å². The normalized spacial score (nSPS) is 15.9. The van der Waals surface area contributed by atoms with Gasteiger partial charge in [-0.15, -0.1) is 0 Å². The van der Waals surface area contributed by atoms with Gasteiger partial charge in [-0.1, -0.05) is 29.8 Å². The Morgan fingerprint density at radius 2 is 1.90 bits per heavy atom. The van der Waals surface area contributed by atoms with E-state index in [9.17, 15) is 4.79 Å². The zero-order valence-corrected chi connectivity index (χ0v) is 11.9. The van der Waals surface area contributed by atoms with E-state index in [-0.39, 0.29) is 11.4 Å². The Morgan fingerprint density at radius 3 is 2.45 bits per heavy atom. The molecule has 0 radical (unpaired) electrons. The fraction of sp³-hybridized carbons (Fsp3) is 0.353. The monoisotopic (exact) mass is 269 g/mol. The number of benzene rings is 1. The zero-order chi connectivity index (χ0) is 14.2. The first-order valence-corrected chi connectivity index (χ1v) is 7.00. The molecule has 0 atom stereocenters. The quantitative estimate of drug-likeness (QED) is 0.924. The van der Waals surface area contributed by atoms with E-state index in [0.717, 1.165) is 19.3 Å². The van der Waals surface area contributed by atoms with Gasteiger partial charge in [0.2, 0.25) is 0 Å². The van der Waals surface area contributed by atoms with Crippen LogP contribution in [0.4, 0.5) is 0 Å². The van der Waals surface area contributed by atoms with Gasteiger partial charge < -0.3 is 9.73 Å². The average molecular weight is 269 g/mol. The fourth-order valence-corrected chi connectivity index (χ4v) is 2.52. The highest BCUT2D eigenvalue weighted by molar-refractivity contribution is 5.95. The third kappa shape index (κ3) is 2.62. The number of amides is 1. The lowest BCUT2D eigenvalue weighted by Gasteiger charge is -2.17. The molecule has 1 amide bonds. The van der Waals surface area contributed by atoms with Crippen molar-refractivity contribution >= 4 is 5.91 Å². The predicted molar refractivity (Wildman–Crippen MR) is 77.8 cm³/mol. The molecule has 1 aliphatic carbocycles. The number of carbonyl (C=O) groups excluding carboxylic acids is 1. The van der Waals surface area contributed by atoms with E-state index in [1.54, 1.807) is 12.3 Å². The molecule has 3 nitrogen and oxygen atoms in total. The van der Waals surface area contributed by atoms with Gasteiger partial charge >= 0.3 is 0 Å². The minimum Gasteiger partial charge on any atom is -0.469 e. The second kappa shape index (κ2) is 4.82. The number of rotatable bonds is 4. The van der Waals surface area contributed by atoms with Crippen LogP contribution < -0.4 is 5.32 Å². The molecule has 1 aromatic heterocycles. The summed E-state index contributed by atoms with van der Waals surface area (Å²) in [6.45, 7) is 3.90. The van der Waals surface area contributed by atoms with Crippen molar-refractivity contribution in [3.63, 3.8) is 0 Å². The van der Waals surface area contributed by atoms with E-state index in [1.807, 2.05) is 6.92 Å². The maximum absolute atomic E-state index is 12.3. The number of furan rings is 1. The summed E-state index contributed by atoms with van der Waals surface area (Å²) in [4.78, 5) is 12.3. The summed E-state index contributed by atoms with van der Waals surface area (Å²) >= 11 is 0. The van der Waals surface area contributed by atoms with E-state index < -0.39 is 0 Å². The summed E-state index contributed by atoms with van der Waals surface area (Å²) in [6, 6.07) is 10.3. The number of hydrogen-bond acceptors (Lipinski definition) is 2. The van der Waals surface area contributed by atoms with Crippen LogP contribution in [-0.2, 0) is 6.42 Å². The van der Waals surface area contributed by atoms with Crippen LogP contribution in [0, 0.1) is 13.8 Å². The van der Waals surface area contributed by atoms with Gasteiger partial charge in [0, 0.05) is 5.54 Å². The van der Waals surface area contributed by atoms with Gasteiger partial charge in [0.05, 0.1) is 11.8 Å².